The molecule has 0 saturated carbocycles. The Hall–Kier alpha value is -2.86. The van der Waals surface area contributed by atoms with Crippen molar-refractivity contribution in [1.29, 1.82) is 0 Å². The summed E-state index contributed by atoms with van der Waals surface area (Å²) >= 11 is 0. The van der Waals surface area contributed by atoms with Gasteiger partial charge in [-0.3, -0.25) is 4.79 Å². The first-order valence-corrected chi connectivity index (χ1v) is 7.46. The van der Waals surface area contributed by atoms with E-state index in [0.717, 1.165) is 10.9 Å². The molecular formula is C18H18N2O4. The zero-order chi connectivity index (χ0) is 16.9. The minimum atomic E-state index is -0.170. The topological polar surface area (TPSA) is 62.6 Å². The van der Waals surface area contributed by atoms with E-state index >= 15 is 0 Å². The fraction of sp³-hybridized carbons (Fsp3) is 0.222. The van der Waals surface area contributed by atoms with E-state index in [0.29, 0.717) is 23.5 Å². The number of benzene rings is 2. The molecule has 0 spiro atoms. The van der Waals surface area contributed by atoms with Crippen LogP contribution in [0.15, 0.2) is 53.5 Å². The van der Waals surface area contributed by atoms with Crippen molar-refractivity contribution in [3.8, 4) is 11.5 Å². The van der Waals surface area contributed by atoms with E-state index in [1.54, 1.807) is 32.5 Å². The van der Waals surface area contributed by atoms with Crippen molar-refractivity contribution in [1.82, 2.24) is 9.78 Å². The zero-order valence-corrected chi connectivity index (χ0v) is 13.6. The quantitative estimate of drug-likeness (QED) is 0.697. The van der Waals surface area contributed by atoms with Crippen molar-refractivity contribution in [3.63, 3.8) is 0 Å². The molecule has 0 aliphatic heterocycles. The predicted octanol–water partition coefficient (Wildman–Crippen LogP) is 2.59. The minimum Gasteiger partial charge on any atom is -0.497 e. The molecule has 1 heterocycles. The summed E-state index contributed by atoms with van der Waals surface area (Å²) in [6.45, 7) is 0.387. The average molecular weight is 326 g/mol. The lowest BCUT2D eigenvalue weighted by Gasteiger charge is -2.10. The highest BCUT2D eigenvalue weighted by Crippen LogP contribution is 2.22. The van der Waals surface area contributed by atoms with Crippen LogP contribution < -0.4 is 15.0 Å². The normalized spacial score (nSPS) is 10.8. The van der Waals surface area contributed by atoms with Crippen LogP contribution in [0.3, 0.4) is 0 Å². The second kappa shape index (κ2) is 7.14. The van der Waals surface area contributed by atoms with Crippen molar-refractivity contribution < 1.29 is 14.2 Å². The molecule has 6 nitrogen and oxygen atoms in total. The number of rotatable bonds is 6. The molecule has 0 bridgehead atoms. The van der Waals surface area contributed by atoms with Gasteiger partial charge in [-0.05, 0) is 23.8 Å². The van der Waals surface area contributed by atoms with E-state index < -0.39 is 0 Å². The summed E-state index contributed by atoms with van der Waals surface area (Å²) in [5.74, 6) is 1.38. The molecule has 0 radical (unpaired) electrons. The summed E-state index contributed by atoms with van der Waals surface area (Å²) in [6.07, 6.45) is 1.66. The van der Waals surface area contributed by atoms with Crippen LogP contribution in [-0.2, 0) is 18.1 Å². The molecular weight excluding hydrogens is 308 g/mol. The molecule has 0 aliphatic rings. The summed E-state index contributed by atoms with van der Waals surface area (Å²) in [6, 6.07) is 12.9. The Labute approximate surface area is 139 Å². The smallest absolute Gasteiger partial charge is 0.276 e. The third-order valence-electron chi connectivity index (χ3n) is 3.66. The molecule has 0 N–H and O–H groups in total. The summed E-state index contributed by atoms with van der Waals surface area (Å²) in [7, 11) is 3.19. The first-order valence-electron chi connectivity index (χ1n) is 7.46. The van der Waals surface area contributed by atoms with Crippen molar-refractivity contribution in [2.24, 2.45) is 0 Å². The molecule has 2 aromatic carbocycles. The van der Waals surface area contributed by atoms with E-state index in [1.807, 2.05) is 30.3 Å². The van der Waals surface area contributed by atoms with Gasteiger partial charge in [0.2, 0.25) is 0 Å². The van der Waals surface area contributed by atoms with Gasteiger partial charge in [0.05, 0.1) is 32.4 Å². The minimum absolute atomic E-state index is 0.0726. The number of methoxy groups -OCH3 is 2. The number of hydrogen-bond acceptors (Lipinski definition) is 5. The number of nitrogens with zero attached hydrogens (tertiary/aromatic N) is 2. The van der Waals surface area contributed by atoms with Gasteiger partial charge in [0.25, 0.3) is 5.56 Å². The van der Waals surface area contributed by atoms with Crippen molar-refractivity contribution in [3.05, 3.63) is 64.6 Å². The average Bonchev–Trinajstić information content (AvgIpc) is 2.63. The van der Waals surface area contributed by atoms with Gasteiger partial charge in [0, 0.05) is 11.5 Å². The van der Waals surface area contributed by atoms with Crippen LogP contribution in [0.5, 0.6) is 11.5 Å². The maximum Gasteiger partial charge on any atom is 0.276 e. The van der Waals surface area contributed by atoms with Crippen LogP contribution >= 0.6 is 0 Å². The van der Waals surface area contributed by atoms with Crippen molar-refractivity contribution in [2.75, 3.05) is 14.2 Å². The lowest BCUT2D eigenvalue weighted by molar-refractivity contribution is 0.0531. The van der Waals surface area contributed by atoms with E-state index in [9.17, 15) is 4.79 Å². The van der Waals surface area contributed by atoms with E-state index in [1.165, 1.54) is 4.68 Å². The number of ether oxygens (including phenoxy) is 3. The van der Waals surface area contributed by atoms with Gasteiger partial charge in [0.15, 0.2) is 0 Å². The molecule has 1 aromatic heterocycles. The Morgan fingerprint density at radius 1 is 1.04 bits per heavy atom. The Balaban J connectivity index is 1.73. The summed E-state index contributed by atoms with van der Waals surface area (Å²) in [5, 5.41) is 5.58. The zero-order valence-electron chi connectivity index (χ0n) is 13.6. The molecule has 0 saturated heterocycles. The van der Waals surface area contributed by atoms with E-state index in [4.69, 9.17) is 14.2 Å². The van der Waals surface area contributed by atoms with Gasteiger partial charge in [-0.2, -0.15) is 5.10 Å². The Morgan fingerprint density at radius 2 is 1.75 bits per heavy atom. The molecule has 124 valence electrons. The highest BCUT2D eigenvalue weighted by Gasteiger charge is 2.05. The van der Waals surface area contributed by atoms with Gasteiger partial charge < -0.3 is 14.2 Å². The molecule has 0 unspecified atom stereocenters. The standard InChI is InChI=1S/C18H18N2O4/c1-22-15-7-13(8-16(9-15)23-2)11-24-12-20-18(21)17-6-4-3-5-14(17)10-19-20/h3-10H,11-12H2,1-2H3. The van der Waals surface area contributed by atoms with Crippen LogP contribution in [0.2, 0.25) is 0 Å². The molecule has 24 heavy (non-hydrogen) atoms. The van der Waals surface area contributed by atoms with Crippen LogP contribution in [0.1, 0.15) is 5.56 Å². The molecule has 0 atom stereocenters. The Morgan fingerprint density at radius 3 is 2.46 bits per heavy atom. The lowest BCUT2D eigenvalue weighted by Crippen LogP contribution is -2.23. The molecule has 6 heteroatoms. The summed E-state index contributed by atoms with van der Waals surface area (Å²) in [5.41, 5.74) is 0.719. The Bertz CT molecular complexity index is 883. The van der Waals surface area contributed by atoms with Gasteiger partial charge in [0.1, 0.15) is 18.2 Å². The molecule has 0 aliphatic carbocycles. The summed E-state index contributed by atoms with van der Waals surface area (Å²) in [4.78, 5) is 12.4. The highest BCUT2D eigenvalue weighted by molar-refractivity contribution is 5.80. The maximum atomic E-state index is 12.4. The van der Waals surface area contributed by atoms with Gasteiger partial charge >= 0.3 is 0 Å². The predicted molar refractivity (Wildman–Crippen MR) is 90.3 cm³/mol. The number of aromatic nitrogens is 2. The molecule has 3 aromatic rings. The van der Waals surface area contributed by atoms with E-state index in [2.05, 4.69) is 5.10 Å². The first kappa shape index (κ1) is 16.0. The second-order valence-electron chi connectivity index (χ2n) is 5.23. The summed E-state index contributed by atoms with van der Waals surface area (Å²) < 4.78 is 17.4. The second-order valence-corrected chi connectivity index (χ2v) is 5.23. The number of fused-ring (bicyclic) bond motifs is 1. The first-order chi connectivity index (χ1) is 11.7. The maximum absolute atomic E-state index is 12.4. The van der Waals surface area contributed by atoms with Crippen LogP contribution in [0, 0.1) is 0 Å². The van der Waals surface area contributed by atoms with Gasteiger partial charge in [-0.15, -0.1) is 0 Å². The van der Waals surface area contributed by atoms with E-state index in [-0.39, 0.29) is 12.3 Å². The fourth-order valence-electron chi connectivity index (χ4n) is 2.42. The van der Waals surface area contributed by atoms with Crippen LogP contribution in [0.4, 0.5) is 0 Å². The third kappa shape index (κ3) is 3.38. The van der Waals surface area contributed by atoms with Gasteiger partial charge in [-0.25, -0.2) is 4.68 Å². The molecule has 3 rings (SSSR count). The van der Waals surface area contributed by atoms with Crippen LogP contribution in [0.25, 0.3) is 10.8 Å². The lowest BCUT2D eigenvalue weighted by atomic mass is 10.2. The monoisotopic (exact) mass is 326 g/mol. The third-order valence-corrected chi connectivity index (χ3v) is 3.66. The largest absolute Gasteiger partial charge is 0.497 e. The van der Waals surface area contributed by atoms with Gasteiger partial charge in [-0.1, -0.05) is 18.2 Å². The molecule has 0 amide bonds. The molecule has 0 fully saturated rings. The Kier molecular flexibility index (Phi) is 4.77. The fourth-order valence-corrected chi connectivity index (χ4v) is 2.42. The highest BCUT2D eigenvalue weighted by atomic mass is 16.5. The SMILES string of the molecule is COc1cc(COCn2ncc3ccccc3c2=O)cc(OC)c1. The number of hydrogen-bond donors (Lipinski definition) is 0. The van der Waals surface area contributed by atoms with Crippen molar-refractivity contribution in [2.45, 2.75) is 13.3 Å². The van der Waals surface area contributed by atoms with Crippen LogP contribution in [-0.4, -0.2) is 24.0 Å². The van der Waals surface area contributed by atoms with Crippen molar-refractivity contribution >= 4 is 10.8 Å².